The Labute approximate surface area is 162 Å². The van der Waals surface area contributed by atoms with E-state index >= 15 is 0 Å². The van der Waals surface area contributed by atoms with Gasteiger partial charge in [-0.15, -0.1) is 12.4 Å². The zero-order valence-corrected chi connectivity index (χ0v) is 16.4. The Hall–Kier alpha value is -1.98. The summed E-state index contributed by atoms with van der Waals surface area (Å²) >= 11 is 0. The SMILES string of the molecule is CCCCOc1cccc(CCN(CC(=O)NC)Cc2ccco2)c1.Cl. The van der Waals surface area contributed by atoms with Crippen LogP contribution in [0.5, 0.6) is 5.75 Å². The number of hydrogen-bond acceptors (Lipinski definition) is 4. The van der Waals surface area contributed by atoms with Gasteiger partial charge in [-0.2, -0.15) is 0 Å². The molecule has 0 bridgehead atoms. The Morgan fingerprint density at radius 3 is 2.81 bits per heavy atom. The first-order chi connectivity index (χ1) is 12.2. The number of furan rings is 1. The molecule has 1 heterocycles. The van der Waals surface area contributed by atoms with Crippen molar-refractivity contribution in [3.8, 4) is 5.75 Å². The first kappa shape index (κ1) is 22.1. The number of likely N-dealkylation sites (N-methyl/N-ethyl adjacent to an activating group) is 1. The second kappa shape index (κ2) is 12.4. The summed E-state index contributed by atoms with van der Waals surface area (Å²) in [6.07, 6.45) is 4.70. The fourth-order valence-electron chi connectivity index (χ4n) is 2.53. The topological polar surface area (TPSA) is 54.7 Å². The van der Waals surface area contributed by atoms with Crippen LogP contribution in [0.3, 0.4) is 0 Å². The number of halogens is 1. The van der Waals surface area contributed by atoms with E-state index in [1.165, 1.54) is 5.56 Å². The Morgan fingerprint density at radius 1 is 1.27 bits per heavy atom. The minimum atomic E-state index is 0. The van der Waals surface area contributed by atoms with E-state index in [0.29, 0.717) is 13.1 Å². The molecule has 0 aliphatic heterocycles. The normalized spacial score (nSPS) is 10.4. The molecular formula is C20H29ClN2O3. The second-order valence-electron chi connectivity index (χ2n) is 6.06. The Balaban J connectivity index is 0.00000338. The molecule has 0 aliphatic carbocycles. The summed E-state index contributed by atoms with van der Waals surface area (Å²) in [7, 11) is 1.66. The summed E-state index contributed by atoms with van der Waals surface area (Å²) in [4.78, 5) is 13.8. The molecule has 1 aromatic heterocycles. The molecule has 2 aromatic rings. The lowest BCUT2D eigenvalue weighted by Crippen LogP contribution is -2.36. The third-order valence-electron chi connectivity index (χ3n) is 3.99. The van der Waals surface area contributed by atoms with Crippen LogP contribution < -0.4 is 10.1 Å². The van der Waals surface area contributed by atoms with Gasteiger partial charge in [0.05, 0.1) is 26.0 Å². The van der Waals surface area contributed by atoms with Gasteiger partial charge in [-0.25, -0.2) is 0 Å². The van der Waals surface area contributed by atoms with Crippen molar-refractivity contribution in [2.24, 2.45) is 0 Å². The fourth-order valence-corrected chi connectivity index (χ4v) is 2.53. The molecule has 26 heavy (non-hydrogen) atoms. The highest BCUT2D eigenvalue weighted by atomic mass is 35.5. The van der Waals surface area contributed by atoms with Crippen LogP contribution in [-0.4, -0.2) is 37.6 Å². The average molecular weight is 381 g/mol. The van der Waals surface area contributed by atoms with Gasteiger partial charge in [-0.1, -0.05) is 25.5 Å². The van der Waals surface area contributed by atoms with Crippen molar-refractivity contribution in [1.29, 1.82) is 0 Å². The van der Waals surface area contributed by atoms with Gasteiger partial charge in [0.15, 0.2) is 0 Å². The third kappa shape index (κ3) is 7.93. The van der Waals surface area contributed by atoms with Gasteiger partial charge in [-0.05, 0) is 42.7 Å². The van der Waals surface area contributed by atoms with Crippen molar-refractivity contribution in [3.63, 3.8) is 0 Å². The quantitative estimate of drug-likeness (QED) is 0.604. The Bertz CT molecular complexity index is 632. The molecule has 1 aromatic carbocycles. The number of rotatable bonds is 11. The van der Waals surface area contributed by atoms with Gasteiger partial charge >= 0.3 is 0 Å². The summed E-state index contributed by atoms with van der Waals surface area (Å²) in [6.45, 7) is 4.64. The van der Waals surface area contributed by atoms with Crippen molar-refractivity contribution >= 4 is 18.3 Å². The highest BCUT2D eigenvalue weighted by Crippen LogP contribution is 2.15. The highest BCUT2D eigenvalue weighted by Gasteiger charge is 2.12. The minimum absolute atomic E-state index is 0. The van der Waals surface area contributed by atoms with Gasteiger partial charge in [0.1, 0.15) is 11.5 Å². The molecule has 0 radical (unpaired) electrons. The van der Waals surface area contributed by atoms with E-state index in [-0.39, 0.29) is 18.3 Å². The largest absolute Gasteiger partial charge is 0.494 e. The lowest BCUT2D eigenvalue weighted by molar-refractivity contribution is -0.121. The van der Waals surface area contributed by atoms with Crippen LogP contribution in [0.2, 0.25) is 0 Å². The molecule has 144 valence electrons. The van der Waals surface area contributed by atoms with Gasteiger partial charge in [-0.3, -0.25) is 9.69 Å². The zero-order valence-electron chi connectivity index (χ0n) is 15.6. The molecule has 0 saturated carbocycles. The lowest BCUT2D eigenvalue weighted by atomic mass is 10.1. The number of ether oxygens (including phenoxy) is 1. The Morgan fingerprint density at radius 2 is 2.12 bits per heavy atom. The number of nitrogens with one attached hydrogen (secondary N) is 1. The molecule has 2 rings (SSSR count). The van der Waals surface area contributed by atoms with Crippen LogP contribution in [0.1, 0.15) is 31.1 Å². The smallest absolute Gasteiger partial charge is 0.233 e. The van der Waals surface area contributed by atoms with Crippen molar-refractivity contribution < 1.29 is 13.9 Å². The van der Waals surface area contributed by atoms with Crippen LogP contribution in [0.25, 0.3) is 0 Å². The van der Waals surface area contributed by atoms with Crippen LogP contribution in [0.15, 0.2) is 47.1 Å². The van der Waals surface area contributed by atoms with Crippen molar-refractivity contribution in [2.45, 2.75) is 32.7 Å². The number of benzene rings is 1. The number of unbranched alkanes of at least 4 members (excludes halogenated alkanes) is 1. The maximum absolute atomic E-state index is 11.8. The van der Waals surface area contributed by atoms with Crippen molar-refractivity contribution in [3.05, 3.63) is 54.0 Å². The van der Waals surface area contributed by atoms with E-state index in [9.17, 15) is 4.79 Å². The molecule has 0 fully saturated rings. The molecule has 0 aliphatic rings. The molecule has 1 amide bonds. The summed E-state index contributed by atoms with van der Waals surface area (Å²) in [6, 6.07) is 12.0. The standard InChI is InChI=1S/C20H28N2O3.ClH/c1-3-4-12-24-18-8-5-7-17(14-18)10-11-22(16-20(23)21-2)15-19-9-6-13-25-19;/h5-9,13-14H,3-4,10-12,15-16H2,1-2H3,(H,21,23);1H. The van der Waals surface area contributed by atoms with E-state index in [2.05, 4.69) is 29.3 Å². The Kier molecular flexibility index (Phi) is 10.5. The van der Waals surface area contributed by atoms with Gasteiger partial charge < -0.3 is 14.5 Å². The molecule has 1 N–H and O–H groups in total. The molecule has 0 saturated heterocycles. The van der Waals surface area contributed by atoms with E-state index < -0.39 is 0 Å². The predicted octanol–water partition coefficient (Wildman–Crippen LogP) is 3.67. The van der Waals surface area contributed by atoms with Crippen molar-refractivity contribution in [2.75, 3.05) is 26.7 Å². The maximum Gasteiger partial charge on any atom is 0.233 e. The number of nitrogens with zero attached hydrogens (tertiary/aromatic N) is 1. The maximum atomic E-state index is 11.8. The predicted molar refractivity (Wildman–Crippen MR) is 106 cm³/mol. The monoisotopic (exact) mass is 380 g/mol. The molecule has 0 unspecified atom stereocenters. The number of carbonyl (C=O) groups is 1. The number of hydrogen-bond donors (Lipinski definition) is 1. The van der Waals surface area contributed by atoms with E-state index in [4.69, 9.17) is 9.15 Å². The first-order valence-corrected chi connectivity index (χ1v) is 8.88. The van der Waals surface area contributed by atoms with Gasteiger partial charge in [0.2, 0.25) is 5.91 Å². The van der Waals surface area contributed by atoms with E-state index in [1.807, 2.05) is 24.3 Å². The number of carbonyl (C=O) groups excluding carboxylic acids is 1. The fraction of sp³-hybridized carbons (Fsp3) is 0.450. The van der Waals surface area contributed by atoms with Crippen LogP contribution in [0.4, 0.5) is 0 Å². The highest BCUT2D eigenvalue weighted by molar-refractivity contribution is 5.85. The summed E-state index contributed by atoms with van der Waals surface area (Å²) in [5, 5.41) is 2.68. The van der Waals surface area contributed by atoms with Crippen LogP contribution >= 0.6 is 12.4 Å². The number of amides is 1. The van der Waals surface area contributed by atoms with Gasteiger partial charge in [0, 0.05) is 13.6 Å². The molecule has 0 atom stereocenters. The van der Waals surface area contributed by atoms with Crippen molar-refractivity contribution in [1.82, 2.24) is 10.2 Å². The summed E-state index contributed by atoms with van der Waals surface area (Å²) < 4.78 is 11.2. The third-order valence-corrected chi connectivity index (χ3v) is 3.99. The molecule has 0 spiro atoms. The molecule has 6 heteroatoms. The lowest BCUT2D eigenvalue weighted by Gasteiger charge is -2.20. The summed E-state index contributed by atoms with van der Waals surface area (Å²) in [5.41, 5.74) is 1.20. The van der Waals surface area contributed by atoms with Crippen LogP contribution in [-0.2, 0) is 17.8 Å². The minimum Gasteiger partial charge on any atom is -0.494 e. The van der Waals surface area contributed by atoms with E-state index in [0.717, 1.165) is 43.9 Å². The molecule has 5 nitrogen and oxygen atoms in total. The van der Waals surface area contributed by atoms with E-state index in [1.54, 1.807) is 13.3 Å². The molecular weight excluding hydrogens is 352 g/mol. The zero-order chi connectivity index (χ0) is 17.9. The summed E-state index contributed by atoms with van der Waals surface area (Å²) in [5.74, 6) is 1.78. The first-order valence-electron chi connectivity index (χ1n) is 8.88. The van der Waals surface area contributed by atoms with Gasteiger partial charge in [0.25, 0.3) is 0 Å². The average Bonchev–Trinajstić information content (AvgIpc) is 3.13. The van der Waals surface area contributed by atoms with Crippen LogP contribution in [0, 0.1) is 0 Å². The second-order valence-corrected chi connectivity index (χ2v) is 6.06.